The Balaban J connectivity index is 1.80. The van der Waals surface area contributed by atoms with Crippen LogP contribution in [0.3, 0.4) is 0 Å². The van der Waals surface area contributed by atoms with Crippen LogP contribution in [0, 0.1) is 5.82 Å². The first-order valence-electron chi connectivity index (χ1n) is 5.73. The summed E-state index contributed by atoms with van der Waals surface area (Å²) in [6.07, 6.45) is 1.06. The highest BCUT2D eigenvalue weighted by atomic mass is 32.2. The molecule has 2 rings (SSSR count). The Morgan fingerprint density at radius 2 is 2.39 bits per heavy atom. The molecule has 0 aliphatic carbocycles. The van der Waals surface area contributed by atoms with Crippen LogP contribution in [0.2, 0.25) is 0 Å². The molecule has 1 aliphatic heterocycles. The van der Waals surface area contributed by atoms with Crippen LogP contribution in [-0.2, 0) is 9.53 Å². The van der Waals surface area contributed by atoms with Gasteiger partial charge in [0.2, 0.25) is 0 Å². The van der Waals surface area contributed by atoms with Crippen LogP contribution in [0.15, 0.2) is 29.2 Å². The second kappa shape index (κ2) is 6.17. The number of hydrazine groups is 1. The molecule has 0 aromatic heterocycles. The van der Waals surface area contributed by atoms with Crippen molar-refractivity contribution in [2.24, 2.45) is 5.84 Å². The SMILES string of the molecule is NNC(=O)C1CCC(CSc2cccc(F)c2)O1. The van der Waals surface area contributed by atoms with Gasteiger partial charge in [0.25, 0.3) is 5.91 Å². The van der Waals surface area contributed by atoms with Crippen LogP contribution in [0.5, 0.6) is 0 Å². The minimum atomic E-state index is -0.451. The molecule has 1 aliphatic rings. The number of carbonyl (C=O) groups excluding carboxylic acids is 1. The first-order chi connectivity index (χ1) is 8.69. The molecule has 1 fully saturated rings. The molecule has 1 heterocycles. The largest absolute Gasteiger partial charge is 0.364 e. The van der Waals surface area contributed by atoms with E-state index in [9.17, 15) is 9.18 Å². The van der Waals surface area contributed by atoms with Crippen molar-refractivity contribution in [2.75, 3.05) is 5.75 Å². The van der Waals surface area contributed by atoms with E-state index < -0.39 is 6.10 Å². The van der Waals surface area contributed by atoms with E-state index in [-0.39, 0.29) is 17.8 Å². The minimum absolute atomic E-state index is 0.0144. The van der Waals surface area contributed by atoms with E-state index in [0.29, 0.717) is 12.2 Å². The number of hydrogen-bond acceptors (Lipinski definition) is 4. The van der Waals surface area contributed by atoms with Crippen molar-refractivity contribution >= 4 is 17.7 Å². The lowest BCUT2D eigenvalue weighted by atomic mass is 10.2. The summed E-state index contributed by atoms with van der Waals surface area (Å²) in [5, 5.41) is 0. The van der Waals surface area contributed by atoms with Gasteiger partial charge in [0.05, 0.1) is 6.10 Å². The zero-order valence-corrected chi connectivity index (χ0v) is 10.6. The van der Waals surface area contributed by atoms with Crippen LogP contribution >= 0.6 is 11.8 Å². The lowest BCUT2D eigenvalue weighted by Gasteiger charge is -2.12. The van der Waals surface area contributed by atoms with E-state index in [2.05, 4.69) is 5.43 Å². The standard InChI is InChI=1S/C12H15FN2O2S/c13-8-2-1-3-10(6-8)18-7-9-4-5-11(17-9)12(16)15-14/h1-3,6,9,11H,4-5,7,14H2,(H,15,16). The quantitative estimate of drug-likeness (QED) is 0.376. The maximum Gasteiger partial charge on any atom is 0.263 e. The Morgan fingerprint density at radius 1 is 1.56 bits per heavy atom. The third kappa shape index (κ3) is 3.44. The topological polar surface area (TPSA) is 64.3 Å². The highest BCUT2D eigenvalue weighted by Crippen LogP contribution is 2.27. The monoisotopic (exact) mass is 270 g/mol. The molecule has 0 saturated carbocycles. The Morgan fingerprint density at radius 3 is 3.11 bits per heavy atom. The molecule has 0 bridgehead atoms. The number of nitrogens with two attached hydrogens (primary N) is 1. The fourth-order valence-electron chi connectivity index (χ4n) is 1.86. The molecule has 18 heavy (non-hydrogen) atoms. The Kier molecular flexibility index (Phi) is 4.57. The van der Waals surface area contributed by atoms with Crippen molar-refractivity contribution in [3.8, 4) is 0 Å². The fraction of sp³-hybridized carbons (Fsp3) is 0.417. The van der Waals surface area contributed by atoms with Gasteiger partial charge in [-0.05, 0) is 31.0 Å². The lowest BCUT2D eigenvalue weighted by Crippen LogP contribution is -2.39. The number of amides is 1. The Hall–Kier alpha value is -1.11. The number of nitrogens with one attached hydrogen (secondary N) is 1. The molecule has 6 heteroatoms. The molecule has 3 N–H and O–H groups in total. The van der Waals surface area contributed by atoms with Crippen molar-refractivity contribution in [3.05, 3.63) is 30.1 Å². The van der Waals surface area contributed by atoms with E-state index >= 15 is 0 Å². The highest BCUT2D eigenvalue weighted by Gasteiger charge is 2.30. The van der Waals surface area contributed by atoms with E-state index in [1.165, 1.54) is 23.9 Å². The maximum atomic E-state index is 13.0. The van der Waals surface area contributed by atoms with Crippen molar-refractivity contribution in [3.63, 3.8) is 0 Å². The zero-order chi connectivity index (χ0) is 13.0. The number of ether oxygens (including phenoxy) is 1. The molecule has 1 aromatic rings. The molecule has 1 amide bonds. The first kappa shape index (κ1) is 13.3. The maximum absolute atomic E-state index is 13.0. The summed E-state index contributed by atoms with van der Waals surface area (Å²) in [6.45, 7) is 0. The van der Waals surface area contributed by atoms with Gasteiger partial charge in [0.1, 0.15) is 11.9 Å². The van der Waals surface area contributed by atoms with Gasteiger partial charge in [-0.15, -0.1) is 11.8 Å². The summed E-state index contributed by atoms with van der Waals surface area (Å²) in [6, 6.07) is 6.44. The first-order valence-corrected chi connectivity index (χ1v) is 6.72. The van der Waals surface area contributed by atoms with Gasteiger partial charge in [0.15, 0.2) is 0 Å². The Labute approximate surface area is 109 Å². The summed E-state index contributed by atoms with van der Waals surface area (Å²) in [4.78, 5) is 12.1. The molecular weight excluding hydrogens is 255 g/mol. The van der Waals surface area contributed by atoms with Gasteiger partial charge >= 0.3 is 0 Å². The summed E-state index contributed by atoms with van der Waals surface area (Å²) in [7, 11) is 0. The molecule has 2 atom stereocenters. The second-order valence-corrected chi connectivity index (χ2v) is 5.19. The number of rotatable bonds is 4. The molecule has 1 saturated heterocycles. The Bertz CT molecular complexity index is 430. The zero-order valence-electron chi connectivity index (χ0n) is 9.77. The second-order valence-electron chi connectivity index (χ2n) is 4.10. The van der Waals surface area contributed by atoms with Gasteiger partial charge in [-0.1, -0.05) is 6.07 Å². The number of thioether (sulfide) groups is 1. The fourth-order valence-corrected chi connectivity index (χ4v) is 2.85. The van der Waals surface area contributed by atoms with Gasteiger partial charge in [-0.2, -0.15) is 0 Å². The smallest absolute Gasteiger partial charge is 0.263 e. The number of hydrogen-bond donors (Lipinski definition) is 2. The van der Waals surface area contributed by atoms with E-state index in [1.807, 2.05) is 6.07 Å². The van der Waals surface area contributed by atoms with Crippen molar-refractivity contribution in [2.45, 2.75) is 29.9 Å². The molecule has 98 valence electrons. The van der Waals surface area contributed by atoms with Crippen LogP contribution in [0.1, 0.15) is 12.8 Å². The molecule has 4 nitrogen and oxygen atoms in total. The van der Waals surface area contributed by atoms with E-state index in [1.54, 1.807) is 6.07 Å². The summed E-state index contributed by atoms with van der Waals surface area (Å²) in [5.41, 5.74) is 2.09. The molecule has 2 unspecified atom stereocenters. The predicted octanol–water partition coefficient (Wildman–Crippen LogP) is 1.46. The summed E-state index contributed by atoms with van der Waals surface area (Å²) in [5.74, 6) is 5.23. The van der Waals surface area contributed by atoms with Crippen LogP contribution in [-0.4, -0.2) is 23.9 Å². The summed E-state index contributed by atoms with van der Waals surface area (Å²) < 4.78 is 18.5. The molecular formula is C12H15FN2O2S. The number of halogens is 1. The van der Waals surface area contributed by atoms with Crippen LogP contribution in [0.4, 0.5) is 4.39 Å². The molecule has 1 aromatic carbocycles. The number of benzene rings is 1. The average molecular weight is 270 g/mol. The van der Waals surface area contributed by atoms with Crippen molar-refractivity contribution in [1.82, 2.24) is 5.43 Å². The lowest BCUT2D eigenvalue weighted by molar-refractivity contribution is -0.131. The minimum Gasteiger partial charge on any atom is -0.364 e. The van der Waals surface area contributed by atoms with E-state index in [0.717, 1.165) is 11.3 Å². The highest BCUT2D eigenvalue weighted by molar-refractivity contribution is 7.99. The van der Waals surface area contributed by atoms with Crippen LogP contribution in [0.25, 0.3) is 0 Å². The average Bonchev–Trinajstić information content (AvgIpc) is 2.84. The summed E-state index contributed by atoms with van der Waals surface area (Å²) >= 11 is 1.53. The van der Waals surface area contributed by atoms with Gasteiger partial charge in [-0.3, -0.25) is 10.2 Å². The van der Waals surface area contributed by atoms with Gasteiger partial charge < -0.3 is 4.74 Å². The van der Waals surface area contributed by atoms with E-state index in [4.69, 9.17) is 10.6 Å². The van der Waals surface area contributed by atoms with Gasteiger partial charge in [-0.25, -0.2) is 10.2 Å². The normalized spacial score (nSPS) is 23.0. The molecule has 0 spiro atoms. The molecule has 0 radical (unpaired) electrons. The number of carbonyl (C=O) groups is 1. The third-order valence-corrected chi connectivity index (χ3v) is 3.90. The predicted molar refractivity (Wildman–Crippen MR) is 67.3 cm³/mol. The van der Waals surface area contributed by atoms with Crippen molar-refractivity contribution in [1.29, 1.82) is 0 Å². The van der Waals surface area contributed by atoms with Crippen LogP contribution < -0.4 is 11.3 Å². The van der Waals surface area contributed by atoms with Crippen molar-refractivity contribution < 1.29 is 13.9 Å². The third-order valence-electron chi connectivity index (χ3n) is 2.77. The van der Waals surface area contributed by atoms with Gasteiger partial charge in [0, 0.05) is 10.6 Å².